The van der Waals surface area contributed by atoms with Crippen LogP contribution in [0, 0.1) is 11.7 Å². The SMILES string of the molecule is O=C(C1CCOC1)N1CC2(CC(Oc3ncccc3F)CS2)C1.O=C(O)C(F)(F)F. The summed E-state index contributed by atoms with van der Waals surface area (Å²) in [5.74, 6) is -2.05. The predicted octanol–water partition coefficient (Wildman–Crippen LogP) is 2.36. The van der Waals surface area contributed by atoms with E-state index in [0.717, 1.165) is 31.7 Å². The fourth-order valence-electron chi connectivity index (χ4n) is 3.51. The van der Waals surface area contributed by atoms with Crippen molar-refractivity contribution >= 4 is 23.6 Å². The Balaban J connectivity index is 0.000000318. The maximum absolute atomic E-state index is 13.6. The van der Waals surface area contributed by atoms with Gasteiger partial charge in [0.15, 0.2) is 5.82 Å². The Hall–Kier alpha value is -2.08. The largest absolute Gasteiger partial charge is 0.490 e. The number of nitrogens with zero attached hydrogens (tertiary/aromatic N) is 2. The topological polar surface area (TPSA) is 89.0 Å². The maximum Gasteiger partial charge on any atom is 0.490 e. The first-order valence-electron chi connectivity index (χ1n) is 9.17. The van der Waals surface area contributed by atoms with Gasteiger partial charge in [0.25, 0.3) is 5.88 Å². The van der Waals surface area contributed by atoms with Crippen LogP contribution in [-0.2, 0) is 14.3 Å². The molecule has 1 spiro atoms. The molecule has 4 heterocycles. The summed E-state index contributed by atoms with van der Waals surface area (Å²) >= 11 is 1.83. The van der Waals surface area contributed by atoms with Gasteiger partial charge in [-0.05, 0) is 18.6 Å². The first-order valence-corrected chi connectivity index (χ1v) is 10.2. The Bertz CT molecular complexity index is 782. The summed E-state index contributed by atoms with van der Waals surface area (Å²) in [6, 6.07) is 2.91. The number of halogens is 4. The van der Waals surface area contributed by atoms with Gasteiger partial charge in [0, 0.05) is 38.1 Å². The Morgan fingerprint density at radius 3 is 2.63 bits per heavy atom. The number of thioether (sulfide) groups is 1. The lowest BCUT2D eigenvalue weighted by molar-refractivity contribution is -0.192. The molecule has 0 bridgehead atoms. The highest BCUT2D eigenvalue weighted by Crippen LogP contribution is 2.46. The molecule has 0 aromatic carbocycles. The number of amides is 1. The van der Waals surface area contributed by atoms with Crippen LogP contribution < -0.4 is 4.74 Å². The van der Waals surface area contributed by atoms with E-state index in [9.17, 15) is 22.4 Å². The minimum Gasteiger partial charge on any atom is -0.475 e. The van der Waals surface area contributed by atoms with Gasteiger partial charge in [-0.2, -0.15) is 13.2 Å². The van der Waals surface area contributed by atoms with Gasteiger partial charge in [-0.15, -0.1) is 11.8 Å². The maximum atomic E-state index is 13.6. The number of pyridine rings is 1. The third kappa shape index (κ3) is 5.34. The summed E-state index contributed by atoms with van der Waals surface area (Å²) in [5.41, 5.74) is 0. The van der Waals surface area contributed by atoms with Crippen LogP contribution in [0.5, 0.6) is 5.88 Å². The third-order valence-corrected chi connectivity index (χ3v) is 6.54. The number of carboxylic acid groups (broad SMARTS) is 1. The van der Waals surface area contributed by atoms with Crippen molar-refractivity contribution < 1.29 is 41.7 Å². The molecule has 3 fully saturated rings. The molecule has 1 aromatic rings. The quantitative estimate of drug-likeness (QED) is 0.705. The van der Waals surface area contributed by atoms with Crippen LogP contribution in [0.2, 0.25) is 0 Å². The van der Waals surface area contributed by atoms with Crippen LogP contribution in [0.4, 0.5) is 17.6 Å². The van der Waals surface area contributed by atoms with Crippen molar-refractivity contribution in [3.05, 3.63) is 24.1 Å². The van der Waals surface area contributed by atoms with E-state index in [4.69, 9.17) is 19.4 Å². The van der Waals surface area contributed by atoms with Gasteiger partial charge >= 0.3 is 12.1 Å². The van der Waals surface area contributed by atoms with Crippen LogP contribution in [-0.4, -0.2) is 76.0 Å². The second-order valence-electron chi connectivity index (χ2n) is 7.29. The lowest BCUT2D eigenvalue weighted by Crippen LogP contribution is -2.62. The highest BCUT2D eigenvalue weighted by atomic mass is 32.2. The average molecular weight is 452 g/mol. The summed E-state index contributed by atoms with van der Waals surface area (Å²) in [5, 5.41) is 7.12. The van der Waals surface area contributed by atoms with E-state index < -0.39 is 18.0 Å². The van der Waals surface area contributed by atoms with E-state index in [2.05, 4.69) is 4.98 Å². The van der Waals surface area contributed by atoms with Gasteiger partial charge in [-0.25, -0.2) is 14.2 Å². The molecule has 1 aromatic heterocycles. The monoisotopic (exact) mass is 452 g/mol. The fraction of sp³-hybridized carbons (Fsp3) is 0.611. The number of aliphatic carboxylic acids is 1. The van der Waals surface area contributed by atoms with E-state index in [1.807, 2.05) is 16.7 Å². The van der Waals surface area contributed by atoms with Crippen LogP contribution in [0.25, 0.3) is 0 Å². The molecule has 166 valence electrons. The van der Waals surface area contributed by atoms with Crippen LogP contribution in [0.15, 0.2) is 18.3 Å². The highest BCUT2D eigenvalue weighted by Gasteiger charge is 2.52. The molecule has 3 aliphatic rings. The standard InChI is InChI=1S/C16H19FN2O3S.C2HF3O2/c17-13-2-1-4-18-14(13)22-12-6-16(23-8-12)9-19(10-16)15(20)11-3-5-21-7-11;3-2(4,5)1(6)7/h1-2,4,11-12H,3,5-10H2;(H,6,7). The van der Waals surface area contributed by atoms with Crippen molar-refractivity contribution in [1.29, 1.82) is 0 Å². The predicted molar refractivity (Wildman–Crippen MR) is 97.6 cm³/mol. The smallest absolute Gasteiger partial charge is 0.475 e. The van der Waals surface area contributed by atoms with Crippen LogP contribution in [0.1, 0.15) is 12.8 Å². The molecule has 3 aliphatic heterocycles. The number of carbonyl (C=O) groups excluding carboxylic acids is 1. The molecule has 0 radical (unpaired) electrons. The molecule has 1 amide bonds. The summed E-state index contributed by atoms with van der Waals surface area (Å²) in [4.78, 5) is 27.1. The Kier molecular flexibility index (Phi) is 6.75. The zero-order valence-electron chi connectivity index (χ0n) is 15.7. The average Bonchev–Trinajstić information content (AvgIpc) is 3.32. The van der Waals surface area contributed by atoms with Gasteiger partial charge < -0.3 is 19.5 Å². The van der Waals surface area contributed by atoms with E-state index >= 15 is 0 Å². The number of carbonyl (C=O) groups is 2. The number of aromatic nitrogens is 1. The highest BCUT2D eigenvalue weighted by molar-refractivity contribution is 8.01. The van der Waals surface area contributed by atoms with Gasteiger partial charge in [0.1, 0.15) is 6.10 Å². The Morgan fingerprint density at radius 1 is 1.37 bits per heavy atom. The molecule has 2 unspecified atom stereocenters. The minimum absolute atomic E-state index is 0.0356. The van der Waals surface area contributed by atoms with Gasteiger partial charge in [0.05, 0.1) is 17.3 Å². The van der Waals surface area contributed by atoms with E-state index in [1.54, 1.807) is 6.07 Å². The van der Waals surface area contributed by atoms with E-state index in [1.165, 1.54) is 12.3 Å². The molecular formula is C18H20F4N2O5S. The number of alkyl halides is 3. The fourth-order valence-corrected chi connectivity index (χ4v) is 5.03. The second kappa shape index (κ2) is 8.96. The van der Waals surface area contributed by atoms with E-state index in [0.29, 0.717) is 13.2 Å². The number of ether oxygens (including phenoxy) is 2. The number of rotatable bonds is 3. The van der Waals surface area contributed by atoms with E-state index in [-0.39, 0.29) is 28.6 Å². The van der Waals surface area contributed by atoms with Crippen LogP contribution in [0.3, 0.4) is 0 Å². The molecule has 12 heteroatoms. The van der Waals surface area contributed by atoms with Gasteiger partial charge in [0.2, 0.25) is 5.91 Å². The van der Waals surface area contributed by atoms with Crippen molar-refractivity contribution in [3.63, 3.8) is 0 Å². The Labute approximate surface area is 173 Å². The molecule has 2 atom stereocenters. The van der Waals surface area contributed by atoms with Gasteiger partial charge in [-0.3, -0.25) is 4.79 Å². The van der Waals surface area contributed by atoms with Crippen molar-refractivity contribution in [2.75, 3.05) is 32.1 Å². The first kappa shape index (κ1) is 22.6. The summed E-state index contributed by atoms with van der Waals surface area (Å²) in [7, 11) is 0. The molecule has 30 heavy (non-hydrogen) atoms. The van der Waals surface area contributed by atoms with Crippen LogP contribution >= 0.6 is 11.8 Å². The normalized spacial score (nSPS) is 24.7. The van der Waals surface area contributed by atoms with Crippen molar-refractivity contribution in [3.8, 4) is 5.88 Å². The van der Waals surface area contributed by atoms with Crippen molar-refractivity contribution in [2.24, 2.45) is 5.92 Å². The molecule has 3 saturated heterocycles. The van der Waals surface area contributed by atoms with Crippen molar-refractivity contribution in [2.45, 2.75) is 29.9 Å². The summed E-state index contributed by atoms with van der Waals surface area (Å²) < 4.78 is 56.4. The van der Waals surface area contributed by atoms with Crippen molar-refractivity contribution in [1.82, 2.24) is 9.88 Å². The lowest BCUT2D eigenvalue weighted by Gasteiger charge is -2.48. The first-order chi connectivity index (χ1) is 14.1. The minimum atomic E-state index is -5.08. The number of hydrogen-bond acceptors (Lipinski definition) is 6. The zero-order valence-corrected chi connectivity index (χ0v) is 16.5. The third-order valence-electron chi connectivity index (χ3n) is 4.97. The molecule has 0 aliphatic carbocycles. The number of likely N-dealkylation sites (tertiary alicyclic amines) is 1. The number of carboxylic acids is 1. The second-order valence-corrected chi connectivity index (χ2v) is 8.77. The van der Waals surface area contributed by atoms with Gasteiger partial charge in [-0.1, -0.05) is 0 Å². The zero-order chi connectivity index (χ0) is 21.9. The molecule has 7 nitrogen and oxygen atoms in total. The lowest BCUT2D eigenvalue weighted by atomic mass is 9.91. The summed E-state index contributed by atoms with van der Waals surface area (Å²) in [6.45, 7) is 2.77. The Morgan fingerprint density at radius 2 is 2.07 bits per heavy atom. The number of hydrogen-bond donors (Lipinski definition) is 1. The molecular weight excluding hydrogens is 432 g/mol. The molecule has 4 rings (SSSR count). The summed E-state index contributed by atoms with van der Waals surface area (Å²) in [6.07, 6.45) is -1.93. The molecule has 1 N–H and O–H groups in total. The molecule has 0 saturated carbocycles.